The number of carbonyl (C=O) groups excluding carboxylic acids is 2. The van der Waals surface area contributed by atoms with Gasteiger partial charge in [0.25, 0.3) is 0 Å². The van der Waals surface area contributed by atoms with E-state index in [1.807, 2.05) is 90.3 Å². The lowest BCUT2D eigenvalue weighted by molar-refractivity contribution is 0.0991. The minimum atomic E-state index is 0.0321. The van der Waals surface area contributed by atoms with Gasteiger partial charge in [0.15, 0.2) is 12.1 Å². The minimum Gasteiger partial charge on any atom is -0.319 e. The fourth-order valence-corrected chi connectivity index (χ4v) is 3.52. The first-order valence-corrected chi connectivity index (χ1v) is 8.91. The normalized spacial score (nSPS) is 10.9. The number of aldehydes is 1. The van der Waals surface area contributed by atoms with Gasteiger partial charge in [0.05, 0.1) is 11.9 Å². The third-order valence-corrected chi connectivity index (χ3v) is 4.87. The number of hydrogen-bond donors (Lipinski definition) is 0. The number of aromatic nitrogens is 1. The van der Waals surface area contributed by atoms with Gasteiger partial charge in [-0.15, -0.1) is 0 Å². The van der Waals surface area contributed by atoms with Gasteiger partial charge in [-0.1, -0.05) is 66.2 Å². The monoisotopic (exact) mass is 353 g/mol. The zero-order chi connectivity index (χ0) is 18.8. The minimum absolute atomic E-state index is 0.0321. The van der Waals surface area contributed by atoms with Crippen molar-refractivity contribution in [1.82, 2.24) is 4.40 Å². The van der Waals surface area contributed by atoms with Crippen molar-refractivity contribution < 1.29 is 9.59 Å². The van der Waals surface area contributed by atoms with Crippen molar-refractivity contribution >= 4 is 17.6 Å². The Morgan fingerprint density at radius 1 is 0.926 bits per heavy atom. The molecule has 0 bridgehead atoms. The van der Waals surface area contributed by atoms with Crippen LogP contribution in [-0.2, 0) is 6.42 Å². The first kappa shape index (κ1) is 17.0. The second kappa shape index (κ2) is 7.04. The number of carbonyl (C=O) groups is 2. The van der Waals surface area contributed by atoms with Gasteiger partial charge < -0.3 is 4.40 Å². The first-order chi connectivity index (χ1) is 13.2. The molecule has 0 spiro atoms. The number of nitrogens with zero attached hydrogens (tertiary/aromatic N) is 1. The van der Waals surface area contributed by atoms with Gasteiger partial charge in [0.2, 0.25) is 0 Å². The largest absolute Gasteiger partial charge is 0.319 e. The van der Waals surface area contributed by atoms with Gasteiger partial charge in [-0.25, -0.2) is 0 Å². The van der Waals surface area contributed by atoms with Gasteiger partial charge in [0, 0.05) is 28.6 Å². The molecule has 132 valence electrons. The second-order valence-electron chi connectivity index (χ2n) is 6.64. The Morgan fingerprint density at radius 2 is 1.63 bits per heavy atom. The van der Waals surface area contributed by atoms with Gasteiger partial charge in [0.1, 0.15) is 0 Å². The summed E-state index contributed by atoms with van der Waals surface area (Å²) in [7, 11) is 0. The number of hydrogen-bond acceptors (Lipinski definition) is 2. The molecule has 2 aromatic carbocycles. The van der Waals surface area contributed by atoms with Crippen LogP contribution in [0.25, 0.3) is 16.6 Å². The lowest BCUT2D eigenvalue weighted by Crippen LogP contribution is -2.06. The number of ketones is 1. The molecule has 4 aromatic rings. The van der Waals surface area contributed by atoms with Crippen LogP contribution in [0, 0.1) is 6.92 Å². The first-order valence-electron chi connectivity index (χ1n) is 8.91. The van der Waals surface area contributed by atoms with Crippen LogP contribution in [0.3, 0.4) is 0 Å². The standard InChI is InChI=1S/C24H19NO2/c1-17-10-12-19(13-11-17)24-20(16-26)21-9-5-6-14-25(21)22(24)15-23(27)18-7-3-2-4-8-18/h2-14,16H,15H2,1H3. The van der Waals surface area contributed by atoms with Crippen molar-refractivity contribution in [2.45, 2.75) is 13.3 Å². The highest BCUT2D eigenvalue weighted by Crippen LogP contribution is 2.33. The van der Waals surface area contributed by atoms with Gasteiger partial charge in [-0.05, 0) is 24.6 Å². The highest BCUT2D eigenvalue weighted by atomic mass is 16.1. The van der Waals surface area contributed by atoms with Crippen molar-refractivity contribution in [3.05, 3.63) is 101 Å². The van der Waals surface area contributed by atoms with Crippen LogP contribution in [0.15, 0.2) is 79.0 Å². The fourth-order valence-electron chi connectivity index (χ4n) is 3.52. The SMILES string of the molecule is Cc1ccc(-c2c(C=O)c3ccccn3c2CC(=O)c2ccccc2)cc1. The van der Waals surface area contributed by atoms with E-state index in [0.717, 1.165) is 34.2 Å². The van der Waals surface area contributed by atoms with Gasteiger partial charge in [-0.2, -0.15) is 0 Å². The summed E-state index contributed by atoms with van der Waals surface area (Å²) in [6.45, 7) is 2.03. The number of aryl methyl sites for hydroxylation is 1. The third kappa shape index (κ3) is 3.08. The highest BCUT2D eigenvalue weighted by Gasteiger charge is 2.21. The van der Waals surface area contributed by atoms with Crippen LogP contribution in [0.2, 0.25) is 0 Å². The van der Waals surface area contributed by atoms with E-state index in [9.17, 15) is 9.59 Å². The number of Topliss-reactive ketones (excluding diaryl/α,β-unsaturated/α-hetero) is 1. The Kier molecular flexibility index (Phi) is 4.43. The molecule has 3 heteroatoms. The summed E-state index contributed by atoms with van der Waals surface area (Å²) in [5.41, 5.74) is 5.88. The zero-order valence-corrected chi connectivity index (χ0v) is 15.1. The van der Waals surface area contributed by atoms with Gasteiger partial charge >= 0.3 is 0 Å². The molecule has 3 nitrogen and oxygen atoms in total. The van der Waals surface area contributed by atoms with Crippen LogP contribution in [0.4, 0.5) is 0 Å². The van der Waals surface area contributed by atoms with E-state index >= 15 is 0 Å². The summed E-state index contributed by atoms with van der Waals surface area (Å²) >= 11 is 0. The molecular formula is C24H19NO2. The van der Waals surface area contributed by atoms with Crippen LogP contribution in [0.1, 0.15) is 32.0 Å². The van der Waals surface area contributed by atoms with Crippen LogP contribution >= 0.6 is 0 Å². The van der Waals surface area contributed by atoms with E-state index in [0.29, 0.717) is 11.1 Å². The number of fused-ring (bicyclic) bond motifs is 1. The molecule has 27 heavy (non-hydrogen) atoms. The Bertz CT molecular complexity index is 1120. The molecule has 0 aliphatic heterocycles. The number of rotatable bonds is 5. The van der Waals surface area contributed by atoms with Crippen LogP contribution in [-0.4, -0.2) is 16.5 Å². The molecule has 0 saturated carbocycles. The van der Waals surface area contributed by atoms with Crippen LogP contribution < -0.4 is 0 Å². The van der Waals surface area contributed by atoms with E-state index in [4.69, 9.17) is 0 Å². The molecule has 0 aliphatic rings. The van der Waals surface area contributed by atoms with E-state index < -0.39 is 0 Å². The third-order valence-electron chi connectivity index (χ3n) is 4.87. The average molecular weight is 353 g/mol. The lowest BCUT2D eigenvalue weighted by Gasteiger charge is -2.08. The summed E-state index contributed by atoms with van der Waals surface area (Å²) < 4.78 is 1.96. The number of pyridine rings is 1. The van der Waals surface area contributed by atoms with E-state index in [-0.39, 0.29) is 12.2 Å². The quantitative estimate of drug-likeness (QED) is 0.367. The maximum absolute atomic E-state index is 12.9. The van der Waals surface area contributed by atoms with Crippen molar-refractivity contribution in [3.8, 4) is 11.1 Å². The summed E-state index contributed by atoms with van der Waals surface area (Å²) in [5, 5.41) is 0. The topological polar surface area (TPSA) is 38.5 Å². The van der Waals surface area contributed by atoms with Crippen molar-refractivity contribution in [2.24, 2.45) is 0 Å². The maximum atomic E-state index is 12.9. The predicted octanol–water partition coefficient (Wildman–Crippen LogP) is 5.15. The Labute approximate surface area is 157 Å². The Hall–Kier alpha value is -3.46. The summed E-state index contributed by atoms with van der Waals surface area (Å²) in [6.07, 6.45) is 3.03. The molecule has 2 heterocycles. The van der Waals surface area contributed by atoms with Crippen LogP contribution in [0.5, 0.6) is 0 Å². The zero-order valence-electron chi connectivity index (χ0n) is 15.1. The van der Waals surface area contributed by atoms with Crippen molar-refractivity contribution in [1.29, 1.82) is 0 Å². The molecule has 0 saturated heterocycles. The molecule has 0 atom stereocenters. The molecule has 0 aliphatic carbocycles. The summed E-state index contributed by atoms with van der Waals surface area (Å²) in [5.74, 6) is 0.0321. The highest BCUT2D eigenvalue weighted by molar-refractivity contribution is 6.02. The second-order valence-corrected chi connectivity index (χ2v) is 6.64. The molecule has 0 unspecified atom stereocenters. The average Bonchev–Trinajstić information content (AvgIpc) is 3.02. The predicted molar refractivity (Wildman–Crippen MR) is 107 cm³/mol. The molecule has 0 fully saturated rings. The van der Waals surface area contributed by atoms with Gasteiger partial charge in [-0.3, -0.25) is 9.59 Å². The lowest BCUT2D eigenvalue weighted by atomic mass is 9.97. The Balaban J connectivity index is 1.92. The van der Waals surface area contributed by atoms with E-state index in [1.165, 1.54) is 0 Å². The maximum Gasteiger partial charge on any atom is 0.168 e. The fraction of sp³-hybridized carbons (Fsp3) is 0.0833. The van der Waals surface area contributed by atoms with E-state index in [2.05, 4.69) is 0 Å². The Morgan fingerprint density at radius 3 is 2.33 bits per heavy atom. The molecule has 0 radical (unpaired) electrons. The number of benzene rings is 2. The van der Waals surface area contributed by atoms with Crippen molar-refractivity contribution in [2.75, 3.05) is 0 Å². The molecule has 0 amide bonds. The summed E-state index contributed by atoms with van der Waals surface area (Å²) in [6, 6.07) is 23.1. The molecule has 0 N–H and O–H groups in total. The van der Waals surface area contributed by atoms with Crippen molar-refractivity contribution in [3.63, 3.8) is 0 Å². The molecule has 4 rings (SSSR count). The molecular weight excluding hydrogens is 334 g/mol. The molecule has 2 aromatic heterocycles. The van der Waals surface area contributed by atoms with E-state index in [1.54, 1.807) is 0 Å². The summed E-state index contributed by atoms with van der Waals surface area (Å²) in [4.78, 5) is 24.8. The smallest absolute Gasteiger partial charge is 0.168 e.